The number of methoxy groups -OCH3 is 2. The van der Waals surface area contributed by atoms with Crippen LogP contribution in [0, 0.1) is 5.82 Å². The highest BCUT2D eigenvalue weighted by Crippen LogP contribution is 2.47. The van der Waals surface area contributed by atoms with Crippen LogP contribution < -0.4 is 9.47 Å². The molecule has 31 heavy (non-hydrogen) atoms. The van der Waals surface area contributed by atoms with Crippen molar-refractivity contribution in [2.75, 3.05) is 14.2 Å². The molecule has 8 heteroatoms. The Hall–Kier alpha value is -3.03. The van der Waals surface area contributed by atoms with Gasteiger partial charge in [0, 0.05) is 21.7 Å². The van der Waals surface area contributed by atoms with Gasteiger partial charge >= 0.3 is 0 Å². The van der Waals surface area contributed by atoms with Gasteiger partial charge in [-0.1, -0.05) is 53.7 Å². The molecule has 3 aromatic carbocycles. The van der Waals surface area contributed by atoms with Gasteiger partial charge in [-0.25, -0.2) is 9.40 Å². The number of ether oxygens (including phenoxy) is 2. The van der Waals surface area contributed by atoms with E-state index in [1.807, 2.05) is 24.3 Å². The molecule has 0 bridgehead atoms. The molecule has 0 N–H and O–H groups in total. The van der Waals surface area contributed by atoms with Gasteiger partial charge in [0.2, 0.25) is 0 Å². The lowest BCUT2D eigenvalue weighted by atomic mass is 10.1. The fraction of sp³-hybridized carbons (Fsp3) is 0.130. The minimum absolute atomic E-state index is 0.202. The smallest absolute Gasteiger partial charge is 0.275 e. The van der Waals surface area contributed by atoms with E-state index in [9.17, 15) is 9.18 Å². The van der Waals surface area contributed by atoms with E-state index < -0.39 is 17.1 Å². The van der Waals surface area contributed by atoms with Crippen LogP contribution in [0.4, 0.5) is 4.39 Å². The number of para-hydroxylation sites is 1. The summed E-state index contributed by atoms with van der Waals surface area (Å²) in [6.45, 7) is 0. The molecule has 1 heterocycles. The van der Waals surface area contributed by atoms with Crippen LogP contribution in [0.2, 0.25) is 5.02 Å². The van der Waals surface area contributed by atoms with Gasteiger partial charge in [0.25, 0.3) is 5.91 Å². The molecule has 1 aliphatic heterocycles. The third-order valence-electron chi connectivity index (χ3n) is 4.71. The highest BCUT2D eigenvalue weighted by atomic mass is 35.5. The molecule has 1 atom stereocenters. The van der Waals surface area contributed by atoms with Crippen LogP contribution in [-0.4, -0.2) is 30.2 Å². The molecule has 0 saturated carbocycles. The number of hydrogen-bond donors (Lipinski definition) is 0. The highest BCUT2D eigenvalue weighted by molar-refractivity contribution is 8.14. The van der Waals surface area contributed by atoms with Crippen molar-refractivity contribution >= 4 is 34.3 Å². The highest BCUT2D eigenvalue weighted by Gasteiger charge is 2.37. The molecular formula is C23H18ClFN2O3S. The second kappa shape index (κ2) is 8.99. The summed E-state index contributed by atoms with van der Waals surface area (Å²) >= 11 is 7.40. The molecule has 0 aliphatic carbocycles. The maximum Gasteiger partial charge on any atom is 0.275 e. The van der Waals surface area contributed by atoms with Crippen molar-refractivity contribution in [1.29, 1.82) is 0 Å². The monoisotopic (exact) mass is 456 g/mol. The van der Waals surface area contributed by atoms with E-state index in [4.69, 9.17) is 21.1 Å². The Morgan fingerprint density at radius 1 is 1.06 bits per heavy atom. The molecule has 3 aromatic rings. The van der Waals surface area contributed by atoms with Gasteiger partial charge < -0.3 is 9.47 Å². The van der Waals surface area contributed by atoms with Gasteiger partial charge in [-0.3, -0.25) is 4.79 Å². The summed E-state index contributed by atoms with van der Waals surface area (Å²) in [4.78, 5) is 13.3. The molecule has 0 unspecified atom stereocenters. The lowest BCUT2D eigenvalue weighted by Crippen LogP contribution is -2.26. The van der Waals surface area contributed by atoms with E-state index >= 15 is 0 Å². The normalized spacial score (nSPS) is 15.5. The van der Waals surface area contributed by atoms with E-state index in [1.165, 1.54) is 35.0 Å². The summed E-state index contributed by atoms with van der Waals surface area (Å²) in [5.41, 5.74) is 1.73. The number of nitrogens with zero attached hydrogens (tertiary/aromatic N) is 2. The van der Waals surface area contributed by atoms with Crippen molar-refractivity contribution in [3.8, 4) is 11.5 Å². The third kappa shape index (κ3) is 4.24. The Bertz CT molecular complexity index is 1150. The Morgan fingerprint density at radius 3 is 2.48 bits per heavy atom. The summed E-state index contributed by atoms with van der Waals surface area (Å²) in [7, 11) is 3.09. The number of rotatable bonds is 5. The fourth-order valence-corrected chi connectivity index (χ4v) is 4.56. The van der Waals surface area contributed by atoms with E-state index in [0.717, 1.165) is 5.56 Å². The molecule has 5 nitrogen and oxygen atoms in total. The van der Waals surface area contributed by atoms with Crippen LogP contribution in [0.5, 0.6) is 11.5 Å². The minimum atomic E-state index is -0.536. The molecule has 0 spiro atoms. The van der Waals surface area contributed by atoms with E-state index in [2.05, 4.69) is 5.10 Å². The number of hydrazone groups is 1. The van der Waals surface area contributed by atoms with Crippen LogP contribution in [0.25, 0.3) is 0 Å². The number of hydrogen-bond acceptors (Lipinski definition) is 5. The zero-order chi connectivity index (χ0) is 22.0. The van der Waals surface area contributed by atoms with Crippen LogP contribution >= 0.6 is 23.4 Å². The first kappa shape index (κ1) is 21.2. The minimum Gasteiger partial charge on any atom is -0.493 e. The predicted molar refractivity (Wildman–Crippen MR) is 120 cm³/mol. The van der Waals surface area contributed by atoms with Gasteiger partial charge in [-0.05, 0) is 36.4 Å². The lowest BCUT2D eigenvalue weighted by molar-refractivity contribution is 0.0747. The summed E-state index contributed by atoms with van der Waals surface area (Å²) in [6, 6.07) is 18.2. The number of amides is 1. The molecule has 1 aliphatic rings. The first-order valence-electron chi connectivity index (χ1n) is 9.33. The molecule has 0 saturated heterocycles. The predicted octanol–water partition coefficient (Wildman–Crippen LogP) is 5.75. The molecule has 158 valence electrons. The maximum atomic E-state index is 13.8. The van der Waals surface area contributed by atoms with Crippen molar-refractivity contribution in [3.63, 3.8) is 0 Å². The van der Waals surface area contributed by atoms with Crippen molar-refractivity contribution in [2.45, 2.75) is 5.37 Å². The quantitative estimate of drug-likeness (QED) is 0.490. The molecular weight excluding hydrogens is 439 g/mol. The molecule has 4 rings (SSSR count). The Labute approximate surface area is 188 Å². The van der Waals surface area contributed by atoms with Gasteiger partial charge in [0.15, 0.2) is 11.5 Å². The van der Waals surface area contributed by atoms with Gasteiger partial charge in [-0.2, -0.15) is 5.10 Å². The third-order valence-corrected chi connectivity index (χ3v) is 6.18. The van der Waals surface area contributed by atoms with Crippen molar-refractivity contribution in [1.82, 2.24) is 5.01 Å². The summed E-state index contributed by atoms with van der Waals surface area (Å²) < 4.78 is 24.8. The molecule has 0 radical (unpaired) electrons. The van der Waals surface area contributed by atoms with Crippen LogP contribution in [0.3, 0.4) is 0 Å². The number of carbonyl (C=O) groups is 1. The average molecular weight is 457 g/mol. The van der Waals surface area contributed by atoms with E-state index in [-0.39, 0.29) is 5.56 Å². The van der Waals surface area contributed by atoms with Gasteiger partial charge in [0.1, 0.15) is 16.2 Å². The second-order valence-electron chi connectivity index (χ2n) is 6.63. The van der Waals surface area contributed by atoms with Gasteiger partial charge in [0.05, 0.1) is 14.2 Å². The summed E-state index contributed by atoms with van der Waals surface area (Å²) in [6.07, 6.45) is 0. The van der Waals surface area contributed by atoms with Crippen molar-refractivity contribution in [3.05, 3.63) is 94.3 Å². The Kier molecular flexibility index (Phi) is 6.15. The van der Waals surface area contributed by atoms with Crippen LogP contribution in [0.15, 0.2) is 71.8 Å². The fourth-order valence-electron chi connectivity index (χ4n) is 3.26. The average Bonchev–Trinajstić information content (AvgIpc) is 3.23. The number of thioether (sulfide) groups is 1. The topological polar surface area (TPSA) is 51.1 Å². The Morgan fingerprint density at radius 2 is 1.81 bits per heavy atom. The number of halogens is 2. The second-order valence-corrected chi connectivity index (χ2v) is 8.13. The van der Waals surface area contributed by atoms with Crippen molar-refractivity contribution < 1.29 is 18.7 Å². The zero-order valence-electron chi connectivity index (χ0n) is 16.7. The first-order chi connectivity index (χ1) is 15.0. The maximum absolute atomic E-state index is 13.8. The molecule has 1 amide bonds. The number of carbonyl (C=O) groups excluding carboxylic acids is 1. The first-order valence-corrected chi connectivity index (χ1v) is 10.6. The SMILES string of the molecule is COc1cccc([C@H]2SC(c3ccc(Cl)cc3)=NN2C(=O)c2cccc(F)c2)c1OC. The van der Waals surface area contributed by atoms with E-state index in [1.54, 1.807) is 38.5 Å². The van der Waals surface area contributed by atoms with Crippen LogP contribution in [-0.2, 0) is 0 Å². The van der Waals surface area contributed by atoms with Crippen LogP contribution in [0.1, 0.15) is 26.9 Å². The van der Waals surface area contributed by atoms with Crippen molar-refractivity contribution in [2.24, 2.45) is 5.10 Å². The summed E-state index contributed by atoms with van der Waals surface area (Å²) in [5.74, 6) is 0.131. The standard InChI is InChI=1S/C23H18ClFN2O3S/c1-29-19-8-4-7-18(20(19)30-2)23-27(22(28)15-5-3-6-17(25)13-15)26-21(31-23)14-9-11-16(24)12-10-14/h3-13,23H,1-2H3/t23-/m1/s1. The Balaban J connectivity index is 1.80. The summed E-state index contributed by atoms with van der Waals surface area (Å²) in [5, 5.41) is 6.63. The largest absolute Gasteiger partial charge is 0.493 e. The van der Waals surface area contributed by atoms with E-state index in [0.29, 0.717) is 27.1 Å². The molecule has 0 aromatic heterocycles. The molecule has 0 fully saturated rings. The zero-order valence-corrected chi connectivity index (χ0v) is 18.3. The van der Waals surface area contributed by atoms with Gasteiger partial charge in [-0.15, -0.1) is 0 Å². The lowest BCUT2D eigenvalue weighted by Gasteiger charge is -2.23. The number of benzene rings is 3.